The number of hydrogen-bond donors (Lipinski definition) is 1. The van der Waals surface area contributed by atoms with Crippen molar-refractivity contribution < 1.29 is 0 Å². The van der Waals surface area contributed by atoms with Gasteiger partial charge in [0.1, 0.15) is 0 Å². The van der Waals surface area contributed by atoms with Crippen molar-refractivity contribution in [2.45, 2.75) is 42.4 Å². The van der Waals surface area contributed by atoms with Crippen molar-refractivity contribution in [1.29, 1.82) is 0 Å². The Labute approximate surface area is 108 Å². The molecule has 2 heteroatoms. The summed E-state index contributed by atoms with van der Waals surface area (Å²) in [6, 6.07) is 9.18. The molecule has 1 heterocycles. The number of fused-ring (bicyclic) bond motifs is 1. The highest BCUT2D eigenvalue weighted by Crippen LogP contribution is 2.36. The Kier molecular flexibility index (Phi) is 4.53. The van der Waals surface area contributed by atoms with Crippen molar-refractivity contribution in [3.05, 3.63) is 29.8 Å². The van der Waals surface area contributed by atoms with E-state index in [2.05, 4.69) is 42.4 Å². The van der Waals surface area contributed by atoms with E-state index in [1.807, 2.05) is 11.8 Å². The summed E-state index contributed by atoms with van der Waals surface area (Å²) < 4.78 is 0. The Balaban J connectivity index is 1.82. The summed E-state index contributed by atoms with van der Waals surface area (Å²) in [6.45, 7) is 3.24. The van der Waals surface area contributed by atoms with Crippen LogP contribution in [0.25, 0.3) is 0 Å². The van der Waals surface area contributed by atoms with E-state index in [9.17, 15) is 0 Å². The third kappa shape index (κ3) is 3.28. The summed E-state index contributed by atoms with van der Waals surface area (Å²) in [5.74, 6) is 2.74. The molecular formula is C15H19NS. The van der Waals surface area contributed by atoms with Crippen molar-refractivity contribution in [3.8, 4) is 12.3 Å². The van der Waals surface area contributed by atoms with Gasteiger partial charge in [0, 0.05) is 29.2 Å². The Morgan fingerprint density at radius 3 is 3.06 bits per heavy atom. The van der Waals surface area contributed by atoms with Gasteiger partial charge in [0.05, 0.1) is 0 Å². The van der Waals surface area contributed by atoms with E-state index in [0.29, 0.717) is 11.3 Å². The standard InChI is InChI=1S/C15H19NS/c1-3-7-13(4-2)16-11-14-10-12-8-5-6-9-15(12)17-14/h1,5-6,8-9,13-14,16H,4,7,10-11H2,2H3. The molecule has 0 saturated heterocycles. The fourth-order valence-electron chi connectivity index (χ4n) is 2.17. The average Bonchev–Trinajstić information content (AvgIpc) is 2.77. The van der Waals surface area contributed by atoms with Gasteiger partial charge in [-0.15, -0.1) is 24.1 Å². The minimum Gasteiger partial charge on any atom is -0.312 e. The second-order valence-electron chi connectivity index (χ2n) is 4.47. The molecule has 1 N–H and O–H groups in total. The zero-order chi connectivity index (χ0) is 12.1. The molecule has 2 unspecified atom stereocenters. The number of terminal acetylenes is 1. The van der Waals surface area contributed by atoms with Gasteiger partial charge in [-0.3, -0.25) is 0 Å². The third-order valence-electron chi connectivity index (χ3n) is 3.21. The maximum atomic E-state index is 5.36. The monoisotopic (exact) mass is 245 g/mol. The summed E-state index contributed by atoms with van der Waals surface area (Å²) in [4.78, 5) is 1.45. The van der Waals surface area contributed by atoms with E-state index in [4.69, 9.17) is 6.42 Å². The molecule has 0 saturated carbocycles. The predicted octanol–water partition coefficient (Wildman–Crippen LogP) is 3.09. The van der Waals surface area contributed by atoms with Gasteiger partial charge in [-0.1, -0.05) is 25.1 Å². The molecule has 0 fully saturated rings. The first-order valence-electron chi connectivity index (χ1n) is 6.25. The van der Waals surface area contributed by atoms with Crippen LogP contribution in [0.2, 0.25) is 0 Å². The molecule has 1 nitrogen and oxygen atoms in total. The molecule has 1 aromatic rings. The summed E-state index contributed by atoms with van der Waals surface area (Å²) in [5.41, 5.74) is 1.49. The third-order valence-corrected chi connectivity index (χ3v) is 4.52. The Morgan fingerprint density at radius 2 is 2.35 bits per heavy atom. The molecule has 2 rings (SSSR count). The number of thioether (sulfide) groups is 1. The highest BCUT2D eigenvalue weighted by Gasteiger charge is 2.21. The van der Waals surface area contributed by atoms with Crippen molar-refractivity contribution in [2.75, 3.05) is 6.54 Å². The minimum absolute atomic E-state index is 0.476. The Hall–Kier alpha value is -0.910. The number of hydrogen-bond acceptors (Lipinski definition) is 2. The van der Waals surface area contributed by atoms with Crippen LogP contribution < -0.4 is 5.32 Å². The highest BCUT2D eigenvalue weighted by atomic mass is 32.2. The maximum Gasteiger partial charge on any atom is 0.0260 e. The van der Waals surface area contributed by atoms with Gasteiger partial charge in [-0.05, 0) is 24.5 Å². The van der Waals surface area contributed by atoms with Crippen molar-refractivity contribution in [3.63, 3.8) is 0 Å². The van der Waals surface area contributed by atoms with Gasteiger partial charge >= 0.3 is 0 Å². The fraction of sp³-hybridized carbons (Fsp3) is 0.467. The van der Waals surface area contributed by atoms with E-state index < -0.39 is 0 Å². The fourth-order valence-corrected chi connectivity index (χ4v) is 3.43. The lowest BCUT2D eigenvalue weighted by atomic mass is 10.1. The highest BCUT2D eigenvalue weighted by molar-refractivity contribution is 8.00. The smallest absolute Gasteiger partial charge is 0.0260 e. The maximum absolute atomic E-state index is 5.36. The zero-order valence-corrected chi connectivity index (χ0v) is 11.1. The van der Waals surface area contributed by atoms with E-state index in [1.54, 1.807) is 0 Å². The lowest BCUT2D eigenvalue weighted by Gasteiger charge is -2.17. The molecule has 1 aliphatic rings. The molecule has 1 aromatic carbocycles. The van der Waals surface area contributed by atoms with Crippen molar-refractivity contribution in [1.82, 2.24) is 5.32 Å². The second-order valence-corrected chi connectivity index (χ2v) is 5.82. The molecule has 0 aromatic heterocycles. The Morgan fingerprint density at radius 1 is 1.53 bits per heavy atom. The molecule has 90 valence electrons. The molecule has 0 spiro atoms. The van der Waals surface area contributed by atoms with Crippen LogP contribution in [0, 0.1) is 12.3 Å². The van der Waals surface area contributed by atoms with Gasteiger partial charge in [0.25, 0.3) is 0 Å². The van der Waals surface area contributed by atoms with Crippen LogP contribution in [-0.2, 0) is 6.42 Å². The largest absolute Gasteiger partial charge is 0.312 e. The minimum atomic E-state index is 0.476. The van der Waals surface area contributed by atoms with E-state index in [-0.39, 0.29) is 0 Å². The van der Waals surface area contributed by atoms with E-state index in [1.165, 1.54) is 16.9 Å². The second kappa shape index (κ2) is 6.14. The van der Waals surface area contributed by atoms with E-state index >= 15 is 0 Å². The van der Waals surface area contributed by atoms with Crippen LogP contribution in [-0.4, -0.2) is 17.8 Å². The van der Waals surface area contributed by atoms with E-state index in [0.717, 1.165) is 19.4 Å². The molecule has 0 aliphatic carbocycles. The molecule has 17 heavy (non-hydrogen) atoms. The number of benzene rings is 1. The summed E-state index contributed by atoms with van der Waals surface area (Å²) in [7, 11) is 0. The summed E-state index contributed by atoms with van der Waals surface area (Å²) in [6.07, 6.45) is 8.48. The van der Waals surface area contributed by atoms with Gasteiger partial charge in [-0.25, -0.2) is 0 Å². The molecule has 0 radical (unpaired) electrons. The quantitative estimate of drug-likeness (QED) is 0.800. The Bertz CT molecular complexity index is 383. The van der Waals surface area contributed by atoms with Crippen LogP contribution in [0.3, 0.4) is 0 Å². The van der Waals surface area contributed by atoms with Gasteiger partial charge in [-0.2, -0.15) is 0 Å². The topological polar surface area (TPSA) is 12.0 Å². The summed E-state index contributed by atoms with van der Waals surface area (Å²) >= 11 is 1.99. The molecule has 2 atom stereocenters. The van der Waals surface area contributed by atoms with Gasteiger partial charge < -0.3 is 5.32 Å². The van der Waals surface area contributed by atoms with Crippen LogP contribution in [0.1, 0.15) is 25.3 Å². The van der Waals surface area contributed by atoms with Gasteiger partial charge in [0.2, 0.25) is 0 Å². The molecule has 0 amide bonds. The number of rotatable bonds is 5. The van der Waals surface area contributed by atoms with Crippen LogP contribution >= 0.6 is 11.8 Å². The zero-order valence-electron chi connectivity index (χ0n) is 10.3. The normalized spacial score (nSPS) is 19.6. The lowest BCUT2D eigenvalue weighted by Crippen LogP contribution is -2.33. The average molecular weight is 245 g/mol. The van der Waals surface area contributed by atoms with Crippen LogP contribution in [0.4, 0.5) is 0 Å². The molecule has 1 aliphatic heterocycles. The van der Waals surface area contributed by atoms with Crippen molar-refractivity contribution >= 4 is 11.8 Å². The molecule has 0 bridgehead atoms. The van der Waals surface area contributed by atoms with Gasteiger partial charge in [0.15, 0.2) is 0 Å². The SMILES string of the molecule is C#CCC(CC)NCC1Cc2ccccc2S1. The van der Waals surface area contributed by atoms with Crippen LogP contribution in [0.15, 0.2) is 29.2 Å². The number of nitrogens with one attached hydrogen (secondary N) is 1. The summed E-state index contributed by atoms with van der Waals surface area (Å²) in [5, 5.41) is 4.25. The first-order chi connectivity index (χ1) is 8.33. The predicted molar refractivity (Wildman–Crippen MR) is 75.3 cm³/mol. The van der Waals surface area contributed by atoms with Crippen molar-refractivity contribution in [2.24, 2.45) is 0 Å². The van der Waals surface area contributed by atoms with Crippen LogP contribution in [0.5, 0.6) is 0 Å². The molecular weight excluding hydrogens is 226 g/mol. The first-order valence-corrected chi connectivity index (χ1v) is 7.12. The first kappa shape index (κ1) is 12.5. The lowest BCUT2D eigenvalue weighted by molar-refractivity contribution is 0.505.